The maximum Gasteiger partial charge on any atom is 0.122 e. The van der Waals surface area contributed by atoms with Gasteiger partial charge in [-0.15, -0.1) is 11.3 Å². The molecule has 0 amide bonds. The lowest BCUT2D eigenvalue weighted by Gasteiger charge is -2.14. The molecule has 0 saturated heterocycles. The molecule has 0 aliphatic rings. The Morgan fingerprint density at radius 2 is 1.65 bits per heavy atom. The summed E-state index contributed by atoms with van der Waals surface area (Å²) in [5, 5.41) is 0. The fraction of sp³-hybridized carbons (Fsp3) is 0.333. The largest absolute Gasteiger partial charge is 0.496 e. The monoisotopic (exact) mass is 364 g/mol. The minimum atomic E-state index is 0.457. The topological polar surface area (TPSA) is 9.23 Å². The number of hydrogen-bond donors (Lipinski definition) is 0. The van der Waals surface area contributed by atoms with Crippen LogP contribution < -0.4 is 4.74 Å². The molecule has 0 radical (unpaired) electrons. The molecule has 0 fully saturated rings. The summed E-state index contributed by atoms with van der Waals surface area (Å²) in [5.41, 5.74) is 6.98. The Kier molecular flexibility index (Phi) is 5.83. The quantitative estimate of drug-likeness (QED) is 0.474. The van der Waals surface area contributed by atoms with Gasteiger partial charge >= 0.3 is 0 Å². The highest BCUT2D eigenvalue weighted by Crippen LogP contribution is 2.33. The van der Waals surface area contributed by atoms with Gasteiger partial charge < -0.3 is 4.74 Å². The molecule has 0 aliphatic carbocycles. The van der Waals surface area contributed by atoms with Crippen molar-refractivity contribution in [2.24, 2.45) is 0 Å². The molecule has 136 valence electrons. The lowest BCUT2D eigenvalue weighted by Crippen LogP contribution is -1.99. The van der Waals surface area contributed by atoms with E-state index in [1.54, 1.807) is 7.11 Å². The van der Waals surface area contributed by atoms with E-state index in [1.807, 2.05) is 11.3 Å². The molecule has 0 N–H and O–H groups in total. The number of aryl methyl sites for hydroxylation is 1. The van der Waals surface area contributed by atoms with E-state index in [4.69, 9.17) is 4.74 Å². The first kappa shape index (κ1) is 18.7. The lowest BCUT2D eigenvalue weighted by atomic mass is 9.94. The molecule has 1 heterocycles. The molecule has 3 rings (SSSR count). The second-order valence-corrected chi connectivity index (χ2v) is 8.56. The zero-order valence-corrected chi connectivity index (χ0v) is 17.2. The fourth-order valence-corrected chi connectivity index (χ4v) is 4.68. The Morgan fingerprint density at radius 3 is 2.31 bits per heavy atom. The maximum atomic E-state index is 5.54. The summed E-state index contributed by atoms with van der Waals surface area (Å²) in [6.07, 6.45) is 2.00. The molecule has 1 aromatic heterocycles. The predicted molar refractivity (Wildman–Crippen MR) is 113 cm³/mol. The molecule has 2 heteroatoms. The standard InChI is InChI=1S/C24H28OS/c1-16(2)21-13-20(11-12-23(21)25-5)14-22-17(3)18(4)26-24(22)15-19-9-7-6-8-10-19/h6-13,16H,14-15H2,1-5H3. The first-order chi connectivity index (χ1) is 12.5. The Bertz CT molecular complexity index is 875. The van der Waals surface area contributed by atoms with Crippen LogP contribution in [0.15, 0.2) is 48.5 Å². The van der Waals surface area contributed by atoms with Gasteiger partial charge in [-0.2, -0.15) is 0 Å². The van der Waals surface area contributed by atoms with Gasteiger partial charge in [0.25, 0.3) is 0 Å². The third-order valence-corrected chi connectivity index (χ3v) is 6.35. The smallest absolute Gasteiger partial charge is 0.122 e. The highest BCUT2D eigenvalue weighted by atomic mass is 32.1. The van der Waals surface area contributed by atoms with Crippen molar-refractivity contribution in [3.63, 3.8) is 0 Å². The molecule has 26 heavy (non-hydrogen) atoms. The van der Waals surface area contributed by atoms with E-state index in [0.717, 1.165) is 18.6 Å². The van der Waals surface area contributed by atoms with Crippen molar-refractivity contribution in [2.45, 2.75) is 46.5 Å². The Morgan fingerprint density at radius 1 is 0.923 bits per heavy atom. The molecule has 0 atom stereocenters. The number of rotatable bonds is 6. The van der Waals surface area contributed by atoms with Crippen LogP contribution in [0.4, 0.5) is 0 Å². The molecule has 1 nitrogen and oxygen atoms in total. The zero-order valence-electron chi connectivity index (χ0n) is 16.4. The molecule has 0 unspecified atom stereocenters. The number of benzene rings is 2. The van der Waals surface area contributed by atoms with Crippen molar-refractivity contribution < 1.29 is 4.74 Å². The van der Waals surface area contributed by atoms with Crippen molar-refractivity contribution in [3.05, 3.63) is 86.1 Å². The highest BCUT2D eigenvalue weighted by molar-refractivity contribution is 7.12. The molecular weight excluding hydrogens is 336 g/mol. The maximum absolute atomic E-state index is 5.54. The van der Waals surface area contributed by atoms with Crippen LogP contribution in [-0.2, 0) is 12.8 Å². The summed E-state index contributed by atoms with van der Waals surface area (Å²) in [6, 6.07) is 17.4. The van der Waals surface area contributed by atoms with E-state index < -0.39 is 0 Å². The van der Waals surface area contributed by atoms with E-state index in [9.17, 15) is 0 Å². The van der Waals surface area contributed by atoms with E-state index >= 15 is 0 Å². The summed E-state index contributed by atoms with van der Waals surface area (Å²) >= 11 is 1.95. The summed E-state index contributed by atoms with van der Waals surface area (Å²) < 4.78 is 5.54. The average Bonchev–Trinajstić information content (AvgIpc) is 2.90. The Balaban J connectivity index is 1.94. The summed E-state index contributed by atoms with van der Waals surface area (Å²) in [6.45, 7) is 8.96. The summed E-state index contributed by atoms with van der Waals surface area (Å²) in [4.78, 5) is 2.93. The van der Waals surface area contributed by atoms with E-state index in [-0.39, 0.29) is 0 Å². The van der Waals surface area contributed by atoms with Crippen molar-refractivity contribution in [1.29, 1.82) is 0 Å². The number of ether oxygens (including phenoxy) is 1. The van der Waals surface area contributed by atoms with Gasteiger partial charge in [0.1, 0.15) is 5.75 Å². The third-order valence-electron chi connectivity index (χ3n) is 5.10. The first-order valence-electron chi connectivity index (χ1n) is 9.28. The highest BCUT2D eigenvalue weighted by Gasteiger charge is 2.15. The van der Waals surface area contributed by atoms with Crippen LogP contribution in [0, 0.1) is 13.8 Å². The van der Waals surface area contributed by atoms with Gasteiger partial charge in [0, 0.05) is 16.2 Å². The van der Waals surface area contributed by atoms with Crippen LogP contribution in [0.2, 0.25) is 0 Å². The zero-order chi connectivity index (χ0) is 18.7. The van der Waals surface area contributed by atoms with Crippen molar-refractivity contribution in [2.75, 3.05) is 7.11 Å². The van der Waals surface area contributed by atoms with Crippen LogP contribution in [0.1, 0.15) is 57.3 Å². The van der Waals surface area contributed by atoms with Crippen molar-refractivity contribution in [3.8, 4) is 5.75 Å². The van der Waals surface area contributed by atoms with Gasteiger partial charge in [0.2, 0.25) is 0 Å². The molecule has 0 spiro atoms. The Hall–Kier alpha value is -2.06. The van der Waals surface area contributed by atoms with Gasteiger partial charge in [-0.1, -0.05) is 56.3 Å². The number of thiophene rings is 1. The van der Waals surface area contributed by atoms with Crippen LogP contribution >= 0.6 is 11.3 Å². The summed E-state index contributed by atoms with van der Waals surface area (Å²) in [7, 11) is 1.76. The second kappa shape index (κ2) is 8.09. The molecule has 0 saturated carbocycles. The molecule has 2 aromatic carbocycles. The van der Waals surface area contributed by atoms with E-state index in [2.05, 4.69) is 76.2 Å². The van der Waals surface area contributed by atoms with E-state index in [1.165, 1.54) is 37.6 Å². The minimum Gasteiger partial charge on any atom is -0.496 e. The number of hydrogen-bond acceptors (Lipinski definition) is 2. The fourth-order valence-electron chi connectivity index (χ4n) is 3.45. The normalized spacial score (nSPS) is 11.2. The number of methoxy groups -OCH3 is 1. The third kappa shape index (κ3) is 4.02. The first-order valence-corrected chi connectivity index (χ1v) is 10.1. The summed E-state index contributed by atoms with van der Waals surface area (Å²) in [5.74, 6) is 1.45. The van der Waals surface area contributed by atoms with Crippen LogP contribution in [0.3, 0.4) is 0 Å². The van der Waals surface area contributed by atoms with Crippen LogP contribution in [0.5, 0.6) is 5.75 Å². The van der Waals surface area contributed by atoms with Gasteiger partial charge in [-0.25, -0.2) is 0 Å². The lowest BCUT2D eigenvalue weighted by molar-refractivity contribution is 0.407. The molecular formula is C24H28OS. The van der Waals surface area contributed by atoms with Crippen LogP contribution in [0.25, 0.3) is 0 Å². The van der Waals surface area contributed by atoms with Crippen molar-refractivity contribution in [1.82, 2.24) is 0 Å². The molecule has 0 aliphatic heterocycles. The van der Waals surface area contributed by atoms with Crippen molar-refractivity contribution >= 4 is 11.3 Å². The minimum absolute atomic E-state index is 0.457. The average molecular weight is 365 g/mol. The molecule has 3 aromatic rings. The Labute approximate surface area is 161 Å². The second-order valence-electron chi connectivity index (χ2n) is 7.26. The SMILES string of the molecule is COc1ccc(Cc2c(Cc3ccccc3)sc(C)c2C)cc1C(C)C. The van der Waals surface area contributed by atoms with Gasteiger partial charge in [0.15, 0.2) is 0 Å². The van der Waals surface area contributed by atoms with Gasteiger partial charge in [-0.05, 0) is 60.1 Å². The molecule has 0 bridgehead atoms. The van der Waals surface area contributed by atoms with Gasteiger partial charge in [0.05, 0.1) is 7.11 Å². The predicted octanol–water partition coefficient (Wildman–Crippen LogP) is 6.68. The van der Waals surface area contributed by atoms with Crippen LogP contribution in [-0.4, -0.2) is 7.11 Å². The van der Waals surface area contributed by atoms with Gasteiger partial charge in [-0.3, -0.25) is 0 Å². The van der Waals surface area contributed by atoms with E-state index in [0.29, 0.717) is 5.92 Å².